The molecule has 0 bridgehead atoms. The highest BCUT2D eigenvalue weighted by atomic mass is 16.1. The first kappa shape index (κ1) is 9.21. The zero-order valence-electron chi connectivity index (χ0n) is 6.90. The molecular formula is C8H15NO. The molecule has 0 rings (SSSR count). The van der Waals surface area contributed by atoms with E-state index in [4.69, 9.17) is 0 Å². The lowest BCUT2D eigenvalue weighted by Crippen LogP contribution is -2.06. The van der Waals surface area contributed by atoms with Crippen molar-refractivity contribution in [2.45, 2.75) is 26.7 Å². The molecule has 0 aliphatic heterocycles. The smallest absolute Gasteiger partial charge is 0.157 e. The summed E-state index contributed by atoms with van der Waals surface area (Å²) in [5.41, 5.74) is 1.01. The van der Waals surface area contributed by atoms with Gasteiger partial charge < -0.3 is 5.32 Å². The molecule has 0 aromatic rings. The molecule has 0 aliphatic rings. The molecule has 0 saturated heterocycles. The van der Waals surface area contributed by atoms with E-state index < -0.39 is 0 Å². The summed E-state index contributed by atoms with van der Waals surface area (Å²) in [7, 11) is 1.83. The van der Waals surface area contributed by atoms with Crippen molar-refractivity contribution in [1.82, 2.24) is 5.32 Å². The number of carbonyl (C=O) groups is 1. The maximum absolute atomic E-state index is 10.8. The van der Waals surface area contributed by atoms with E-state index >= 15 is 0 Å². The Morgan fingerprint density at radius 3 is 2.30 bits per heavy atom. The van der Waals surface area contributed by atoms with Gasteiger partial charge in [0.15, 0.2) is 5.78 Å². The third-order valence-corrected chi connectivity index (χ3v) is 1.39. The quantitative estimate of drug-likeness (QED) is 0.601. The zero-order valence-corrected chi connectivity index (χ0v) is 6.90. The van der Waals surface area contributed by atoms with Crippen LogP contribution in [0.5, 0.6) is 0 Å². The van der Waals surface area contributed by atoms with E-state index in [1.807, 2.05) is 20.9 Å². The van der Waals surface area contributed by atoms with Gasteiger partial charge >= 0.3 is 0 Å². The first-order valence-corrected chi connectivity index (χ1v) is 3.65. The van der Waals surface area contributed by atoms with E-state index in [1.165, 1.54) is 0 Å². The molecule has 2 nitrogen and oxygen atoms in total. The molecule has 0 unspecified atom stereocenters. The molecule has 0 saturated carbocycles. The summed E-state index contributed by atoms with van der Waals surface area (Å²) < 4.78 is 0. The van der Waals surface area contributed by atoms with Crippen molar-refractivity contribution in [1.29, 1.82) is 0 Å². The van der Waals surface area contributed by atoms with Crippen molar-refractivity contribution in [2.24, 2.45) is 0 Å². The fourth-order valence-electron chi connectivity index (χ4n) is 0.647. The van der Waals surface area contributed by atoms with Crippen LogP contribution < -0.4 is 5.32 Å². The molecule has 0 aromatic carbocycles. The number of rotatable bonds is 4. The first-order valence-electron chi connectivity index (χ1n) is 3.65. The average molecular weight is 141 g/mol. The van der Waals surface area contributed by atoms with Crippen LogP contribution in [0.15, 0.2) is 11.8 Å². The van der Waals surface area contributed by atoms with Gasteiger partial charge in [-0.25, -0.2) is 0 Å². The second kappa shape index (κ2) is 5.03. The van der Waals surface area contributed by atoms with Crippen LogP contribution in [-0.4, -0.2) is 12.8 Å². The summed E-state index contributed by atoms with van der Waals surface area (Å²) in [4.78, 5) is 10.8. The Hall–Kier alpha value is -0.790. The Morgan fingerprint density at radius 2 is 2.00 bits per heavy atom. The average Bonchev–Trinajstić information content (AvgIpc) is 1.99. The molecule has 0 aliphatic carbocycles. The Morgan fingerprint density at radius 1 is 1.40 bits per heavy atom. The molecule has 0 atom stereocenters. The van der Waals surface area contributed by atoms with Gasteiger partial charge in [0.1, 0.15) is 0 Å². The van der Waals surface area contributed by atoms with Crippen LogP contribution in [0.3, 0.4) is 0 Å². The normalized spacial score (nSPS) is 11.3. The van der Waals surface area contributed by atoms with Crippen LogP contribution in [0.2, 0.25) is 0 Å². The molecule has 0 heterocycles. The third-order valence-electron chi connectivity index (χ3n) is 1.39. The highest BCUT2D eigenvalue weighted by Gasteiger charge is 1.94. The fraction of sp³-hybridized carbons (Fsp3) is 0.625. The standard InChI is InChI=1S/C8H15NO/c1-4-7(9-3)6-8(10)5-2/h6,9H,4-5H2,1-3H3. The van der Waals surface area contributed by atoms with Gasteiger partial charge in [-0.05, 0) is 12.5 Å². The van der Waals surface area contributed by atoms with E-state index in [9.17, 15) is 4.79 Å². The molecule has 10 heavy (non-hydrogen) atoms. The van der Waals surface area contributed by atoms with Crippen LogP contribution in [0, 0.1) is 0 Å². The first-order chi connectivity index (χ1) is 4.74. The molecular weight excluding hydrogens is 126 g/mol. The molecule has 0 spiro atoms. The fourth-order valence-corrected chi connectivity index (χ4v) is 0.647. The SMILES string of the molecule is CCC(=O)C=C(CC)NC. The lowest BCUT2D eigenvalue weighted by atomic mass is 10.2. The Kier molecular flexibility index (Phi) is 4.63. The molecule has 2 heteroatoms. The van der Waals surface area contributed by atoms with Crippen molar-refractivity contribution in [3.8, 4) is 0 Å². The van der Waals surface area contributed by atoms with Crippen molar-refractivity contribution >= 4 is 5.78 Å². The summed E-state index contributed by atoms with van der Waals surface area (Å²) >= 11 is 0. The molecule has 58 valence electrons. The van der Waals surface area contributed by atoms with E-state index in [1.54, 1.807) is 6.08 Å². The molecule has 1 N–H and O–H groups in total. The minimum atomic E-state index is 0.186. The molecule has 0 fully saturated rings. The lowest BCUT2D eigenvalue weighted by molar-refractivity contribution is -0.114. The summed E-state index contributed by atoms with van der Waals surface area (Å²) in [5, 5.41) is 2.96. The van der Waals surface area contributed by atoms with Crippen LogP contribution in [0.4, 0.5) is 0 Å². The van der Waals surface area contributed by atoms with Gasteiger partial charge in [-0.1, -0.05) is 13.8 Å². The number of ketones is 1. The minimum Gasteiger partial charge on any atom is -0.391 e. The predicted molar refractivity (Wildman–Crippen MR) is 42.7 cm³/mol. The topological polar surface area (TPSA) is 29.1 Å². The monoisotopic (exact) mass is 141 g/mol. The van der Waals surface area contributed by atoms with Crippen LogP contribution in [0.1, 0.15) is 26.7 Å². The predicted octanol–water partition coefficient (Wildman–Crippen LogP) is 1.48. The highest BCUT2D eigenvalue weighted by Crippen LogP contribution is 1.95. The number of nitrogens with one attached hydrogen (secondary N) is 1. The number of carbonyl (C=O) groups excluding carboxylic acids is 1. The van der Waals surface area contributed by atoms with E-state index in [-0.39, 0.29) is 5.78 Å². The summed E-state index contributed by atoms with van der Waals surface area (Å²) in [6, 6.07) is 0. The van der Waals surface area contributed by atoms with E-state index in [2.05, 4.69) is 5.32 Å². The van der Waals surface area contributed by atoms with E-state index in [0.29, 0.717) is 6.42 Å². The lowest BCUT2D eigenvalue weighted by Gasteiger charge is -2.00. The number of allylic oxidation sites excluding steroid dienone is 2. The van der Waals surface area contributed by atoms with Gasteiger partial charge in [-0.15, -0.1) is 0 Å². The van der Waals surface area contributed by atoms with Gasteiger partial charge in [-0.2, -0.15) is 0 Å². The van der Waals surface area contributed by atoms with Crippen LogP contribution in [-0.2, 0) is 4.79 Å². The maximum Gasteiger partial charge on any atom is 0.157 e. The van der Waals surface area contributed by atoms with Gasteiger partial charge in [0.2, 0.25) is 0 Å². The summed E-state index contributed by atoms with van der Waals surface area (Å²) in [6.07, 6.45) is 3.15. The minimum absolute atomic E-state index is 0.186. The largest absolute Gasteiger partial charge is 0.391 e. The van der Waals surface area contributed by atoms with Gasteiger partial charge in [-0.3, -0.25) is 4.79 Å². The molecule has 0 amide bonds. The zero-order chi connectivity index (χ0) is 7.98. The summed E-state index contributed by atoms with van der Waals surface area (Å²) in [5.74, 6) is 0.186. The number of hydrogen-bond acceptors (Lipinski definition) is 2. The maximum atomic E-state index is 10.8. The number of hydrogen-bond donors (Lipinski definition) is 1. The van der Waals surface area contributed by atoms with Gasteiger partial charge in [0.25, 0.3) is 0 Å². The van der Waals surface area contributed by atoms with Crippen molar-refractivity contribution in [3.63, 3.8) is 0 Å². The Balaban J connectivity index is 3.96. The van der Waals surface area contributed by atoms with Crippen LogP contribution in [0.25, 0.3) is 0 Å². The van der Waals surface area contributed by atoms with Crippen molar-refractivity contribution in [2.75, 3.05) is 7.05 Å². The third kappa shape index (κ3) is 3.28. The Bertz CT molecular complexity index is 132. The second-order valence-electron chi connectivity index (χ2n) is 2.09. The van der Waals surface area contributed by atoms with Crippen molar-refractivity contribution in [3.05, 3.63) is 11.8 Å². The van der Waals surface area contributed by atoms with Crippen molar-refractivity contribution < 1.29 is 4.79 Å². The van der Waals surface area contributed by atoms with Gasteiger partial charge in [0, 0.05) is 19.2 Å². The molecule has 0 radical (unpaired) electrons. The second-order valence-corrected chi connectivity index (χ2v) is 2.09. The Labute approximate surface area is 62.3 Å². The van der Waals surface area contributed by atoms with Gasteiger partial charge in [0.05, 0.1) is 0 Å². The summed E-state index contributed by atoms with van der Waals surface area (Å²) in [6.45, 7) is 3.88. The van der Waals surface area contributed by atoms with Crippen LogP contribution >= 0.6 is 0 Å². The highest BCUT2D eigenvalue weighted by molar-refractivity contribution is 5.89. The van der Waals surface area contributed by atoms with E-state index in [0.717, 1.165) is 12.1 Å². The molecule has 0 aromatic heterocycles.